The van der Waals surface area contributed by atoms with E-state index in [9.17, 15) is 13.6 Å². The standard InChI is InChI=1S/C14H20F2N2O/c1-5-18(4)14(19)10(3)17-9(2)13-11(15)7-6-8-12(13)16/h6-10,17H,5H2,1-4H3. The highest BCUT2D eigenvalue weighted by atomic mass is 19.1. The minimum Gasteiger partial charge on any atom is -0.345 e. The summed E-state index contributed by atoms with van der Waals surface area (Å²) < 4.78 is 27.2. The molecule has 3 nitrogen and oxygen atoms in total. The van der Waals surface area contributed by atoms with E-state index >= 15 is 0 Å². The molecule has 0 heterocycles. The van der Waals surface area contributed by atoms with Crippen molar-refractivity contribution in [1.29, 1.82) is 0 Å². The Balaban J connectivity index is 2.80. The third-order valence-corrected chi connectivity index (χ3v) is 3.15. The topological polar surface area (TPSA) is 32.3 Å². The van der Waals surface area contributed by atoms with E-state index in [1.54, 1.807) is 25.8 Å². The van der Waals surface area contributed by atoms with Gasteiger partial charge in [-0.1, -0.05) is 6.07 Å². The lowest BCUT2D eigenvalue weighted by molar-refractivity contribution is -0.131. The summed E-state index contributed by atoms with van der Waals surface area (Å²) in [5.41, 5.74) is -0.0405. The molecule has 1 rings (SSSR count). The Bertz CT molecular complexity index is 431. The summed E-state index contributed by atoms with van der Waals surface area (Å²) in [5.74, 6) is -1.32. The molecule has 0 aliphatic rings. The molecule has 0 bridgehead atoms. The molecule has 0 aliphatic heterocycles. The maximum atomic E-state index is 13.6. The molecule has 0 aliphatic carbocycles. The quantitative estimate of drug-likeness (QED) is 0.891. The molecule has 1 aromatic rings. The Labute approximate surface area is 112 Å². The fourth-order valence-electron chi connectivity index (χ4n) is 1.94. The van der Waals surface area contributed by atoms with E-state index in [4.69, 9.17) is 0 Å². The fourth-order valence-corrected chi connectivity index (χ4v) is 1.94. The van der Waals surface area contributed by atoms with Crippen molar-refractivity contribution in [3.8, 4) is 0 Å². The van der Waals surface area contributed by atoms with Crippen LogP contribution in [0.15, 0.2) is 18.2 Å². The van der Waals surface area contributed by atoms with Crippen LogP contribution in [0.4, 0.5) is 8.78 Å². The van der Waals surface area contributed by atoms with Gasteiger partial charge >= 0.3 is 0 Å². The Morgan fingerprint density at radius 3 is 2.32 bits per heavy atom. The van der Waals surface area contributed by atoms with Crippen molar-refractivity contribution in [2.45, 2.75) is 32.9 Å². The van der Waals surface area contributed by atoms with Crippen LogP contribution in [-0.2, 0) is 4.79 Å². The van der Waals surface area contributed by atoms with E-state index in [1.165, 1.54) is 18.2 Å². The van der Waals surface area contributed by atoms with E-state index in [0.29, 0.717) is 6.54 Å². The van der Waals surface area contributed by atoms with E-state index in [-0.39, 0.29) is 11.5 Å². The van der Waals surface area contributed by atoms with Gasteiger partial charge < -0.3 is 4.90 Å². The van der Waals surface area contributed by atoms with Crippen molar-refractivity contribution in [3.05, 3.63) is 35.4 Å². The maximum Gasteiger partial charge on any atom is 0.239 e. The minimum absolute atomic E-state index is 0.0405. The predicted molar refractivity (Wildman–Crippen MR) is 70.7 cm³/mol. The van der Waals surface area contributed by atoms with Gasteiger partial charge in [-0.05, 0) is 32.9 Å². The highest BCUT2D eigenvalue weighted by molar-refractivity contribution is 5.81. The minimum atomic E-state index is -0.608. The highest BCUT2D eigenvalue weighted by Gasteiger charge is 2.22. The number of halogens is 2. The zero-order valence-electron chi connectivity index (χ0n) is 11.7. The number of rotatable bonds is 5. The molecule has 1 amide bonds. The first kappa shape index (κ1) is 15.6. The zero-order chi connectivity index (χ0) is 14.6. The van der Waals surface area contributed by atoms with Crippen LogP contribution in [0.2, 0.25) is 0 Å². The summed E-state index contributed by atoms with van der Waals surface area (Å²) in [6.07, 6.45) is 0. The molecule has 106 valence electrons. The molecular formula is C14H20F2N2O. The van der Waals surface area contributed by atoms with Crippen LogP contribution >= 0.6 is 0 Å². The normalized spacial score (nSPS) is 14.0. The lowest BCUT2D eigenvalue weighted by Gasteiger charge is -2.24. The number of likely N-dealkylation sites (N-methyl/N-ethyl adjacent to an activating group) is 1. The molecule has 0 saturated carbocycles. The molecule has 0 fully saturated rings. The second-order valence-electron chi connectivity index (χ2n) is 4.60. The van der Waals surface area contributed by atoms with Gasteiger partial charge in [0.15, 0.2) is 0 Å². The number of nitrogens with one attached hydrogen (secondary N) is 1. The third kappa shape index (κ3) is 3.73. The second-order valence-corrected chi connectivity index (χ2v) is 4.60. The van der Waals surface area contributed by atoms with E-state index in [0.717, 1.165) is 0 Å². The summed E-state index contributed by atoms with van der Waals surface area (Å²) in [4.78, 5) is 13.4. The van der Waals surface area contributed by atoms with Gasteiger partial charge in [-0.15, -0.1) is 0 Å². The number of hydrogen-bond donors (Lipinski definition) is 1. The highest BCUT2D eigenvalue weighted by Crippen LogP contribution is 2.20. The van der Waals surface area contributed by atoms with Crippen LogP contribution in [0.25, 0.3) is 0 Å². The second kappa shape index (κ2) is 6.61. The molecule has 1 aromatic carbocycles. The van der Waals surface area contributed by atoms with Crippen LogP contribution in [0.5, 0.6) is 0 Å². The number of carbonyl (C=O) groups excluding carboxylic acids is 1. The first-order valence-corrected chi connectivity index (χ1v) is 6.33. The predicted octanol–water partition coefficient (Wildman–Crippen LogP) is 2.48. The van der Waals surface area contributed by atoms with Gasteiger partial charge in [0.05, 0.1) is 6.04 Å². The van der Waals surface area contributed by atoms with Crippen LogP contribution in [0.3, 0.4) is 0 Å². The molecular weight excluding hydrogens is 250 g/mol. The smallest absolute Gasteiger partial charge is 0.239 e. The van der Waals surface area contributed by atoms with Gasteiger partial charge in [0, 0.05) is 25.2 Å². The van der Waals surface area contributed by atoms with Gasteiger partial charge in [-0.25, -0.2) is 8.78 Å². The Hall–Kier alpha value is -1.49. The van der Waals surface area contributed by atoms with Crippen LogP contribution in [0, 0.1) is 11.6 Å². The van der Waals surface area contributed by atoms with Crippen LogP contribution < -0.4 is 5.32 Å². The lowest BCUT2D eigenvalue weighted by Crippen LogP contribution is -2.44. The van der Waals surface area contributed by atoms with Gasteiger partial charge in [0.25, 0.3) is 0 Å². The number of nitrogens with zero attached hydrogens (tertiary/aromatic N) is 1. The average molecular weight is 270 g/mol. The Morgan fingerprint density at radius 2 is 1.84 bits per heavy atom. The fraction of sp³-hybridized carbons (Fsp3) is 0.500. The SMILES string of the molecule is CCN(C)C(=O)C(C)NC(C)c1c(F)cccc1F. The van der Waals surface area contributed by atoms with E-state index in [2.05, 4.69) is 5.32 Å². The molecule has 2 unspecified atom stereocenters. The van der Waals surface area contributed by atoms with Crippen molar-refractivity contribution < 1.29 is 13.6 Å². The number of benzene rings is 1. The molecule has 1 N–H and O–H groups in total. The molecule has 0 radical (unpaired) electrons. The molecule has 0 saturated heterocycles. The lowest BCUT2D eigenvalue weighted by atomic mass is 10.1. The maximum absolute atomic E-state index is 13.6. The average Bonchev–Trinajstić information content (AvgIpc) is 2.36. The van der Waals surface area contributed by atoms with E-state index in [1.807, 2.05) is 6.92 Å². The molecule has 0 aromatic heterocycles. The van der Waals surface area contributed by atoms with Gasteiger partial charge in [0.2, 0.25) is 5.91 Å². The number of amides is 1. The van der Waals surface area contributed by atoms with Gasteiger partial charge in [-0.3, -0.25) is 10.1 Å². The third-order valence-electron chi connectivity index (χ3n) is 3.15. The van der Waals surface area contributed by atoms with Crippen LogP contribution in [0.1, 0.15) is 32.4 Å². The first-order valence-electron chi connectivity index (χ1n) is 6.33. The van der Waals surface area contributed by atoms with Crippen molar-refractivity contribution >= 4 is 5.91 Å². The summed E-state index contributed by atoms with van der Waals surface area (Å²) in [7, 11) is 1.69. The van der Waals surface area contributed by atoms with E-state index < -0.39 is 23.7 Å². The zero-order valence-corrected chi connectivity index (χ0v) is 11.7. The van der Waals surface area contributed by atoms with Crippen molar-refractivity contribution in [2.75, 3.05) is 13.6 Å². The molecule has 0 spiro atoms. The summed E-state index contributed by atoms with van der Waals surface area (Å²) in [5, 5.41) is 2.92. The Morgan fingerprint density at radius 1 is 1.32 bits per heavy atom. The van der Waals surface area contributed by atoms with Crippen LogP contribution in [-0.4, -0.2) is 30.4 Å². The number of carbonyl (C=O) groups is 1. The summed E-state index contributed by atoms with van der Waals surface area (Å²) in [6, 6.07) is 2.66. The number of hydrogen-bond acceptors (Lipinski definition) is 2. The Kier molecular flexibility index (Phi) is 5.42. The summed E-state index contributed by atoms with van der Waals surface area (Å²) in [6.45, 7) is 5.78. The van der Waals surface area contributed by atoms with Crippen molar-refractivity contribution in [1.82, 2.24) is 10.2 Å². The molecule has 5 heteroatoms. The van der Waals surface area contributed by atoms with Gasteiger partial charge in [-0.2, -0.15) is 0 Å². The monoisotopic (exact) mass is 270 g/mol. The first-order chi connectivity index (χ1) is 8.88. The van der Waals surface area contributed by atoms with Gasteiger partial charge in [0.1, 0.15) is 11.6 Å². The van der Waals surface area contributed by atoms with Crippen molar-refractivity contribution in [2.24, 2.45) is 0 Å². The largest absolute Gasteiger partial charge is 0.345 e. The summed E-state index contributed by atoms with van der Waals surface area (Å²) >= 11 is 0. The molecule has 19 heavy (non-hydrogen) atoms. The molecule has 2 atom stereocenters. The van der Waals surface area contributed by atoms with Crippen molar-refractivity contribution in [3.63, 3.8) is 0 Å².